The molecule has 168 valence electrons. The van der Waals surface area contributed by atoms with Crippen LogP contribution in [-0.4, -0.2) is 49.7 Å². The minimum atomic E-state index is -3.09. The SMILES string of the molecule is O=C(COC(=O)c1oc2ccccc2c1CSC1CCCCC1)N[C@H]1CCS(=O)(=O)C1. The van der Waals surface area contributed by atoms with E-state index in [0.717, 1.165) is 10.9 Å². The number of hydrogen-bond acceptors (Lipinski definition) is 7. The van der Waals surface area contributed by atoms with Crippen LogP contribution in [0.3, 0.4) is 0 Å². The van der Waals surface area contributed by atoms with Gasteiger partial charge in [-0.25, -0.2) is 13.2 Å². The van der Waals surface area contributed by atoms with Crippen LogP contribution < -0.4 is 5.32 Å². The second kappa shape index (κ2) is 9.65. The van der Waals surface area contributed by atoms with Crippen molar-refractivity contribution in [3.05, 3.63) is 35.6 Å². The molecule has 2 heterocycles. The molecule has 1 aromatic heterocycles. The van der Waals surface area contributed by atoms with Crippen molar-refractivity contribution in [1.29, 1.82) is 0 Å². The van der Waals surface area contributed by atoms with Crippen molar-refractivity contribution in [2.24, 2.45) is 0 Å². The Morgan fingerprint density at radius 2 is 1.90 bits per heavy atom. The number of ether oxygens (including phenoxy) is 1. The molecule has 1 atom stereocenters. The Morgan fingerprint density at radius 3 is 2.65 bits per heavy atom. The first-order chi connectivity index (χ1) is 14.9. The Bertz CT molecular complexity index is 1060. The van der Waals surface area contributed by atoms with Crippen LogP contribution in [-0.2, 0) is 25.1 Å². The summed E-state index contributed by atoms with van der Waals surface area (Å²) in [6.45, 7) is -0.471. The van der Waals surface area contributed by atoms with Crippen LogP contribution in [0.4, 0.5) is 0 Å². The van der Waals surface area contributed by atoms with E-state index in [1.54, 1.807) is 0 Å². The molecule has 1 aliphatic heterocycles. The molecule has 0 spiro atoms. The molecular weight excluding hydrogens is 438 g/mol. The van der Waals surface area contributed by atoms with Crippen molar-refractivity contribution in [2.75, 3.05) is 18.1 Å². The van der Waals surface area contributed by atoms with Gasteiger partial charge in [0.25, 0.3) is 5.91 Å². The van der Waals surface area contributed by atoms with E-state index in [1.165, 1.54) is 32.1 Å². The van der Waals surface area contributed by atoms with Crippen molar-refractivity contribution in [1.82, 2.24) is 5.32 Å². The summed E-state index contributed by atoms with van der Waals surface area (Å²) < 4.78 is 34.0. The highest BCUT2D eigenvalue weighted by Gasteiger charge is 2.29. The van der Waals surface area contributed by atoms with Crippen LogP contribution in [0.25, 0.3) is 11.0 Å². The Hall–Kier alpha value is -2.00. The zero-order chi connectivity index (χ0) is 21.8. The number of thioether (sulfide) groups is 1. The number of carbonyl (C=O) groups excluding carboxylic acids is 2. The van der Waals surface area contributed by atoms with Gasteiger partial charge < -0.3 is 14.5 Å². The Kier molecular flexibility index (Phi) is 6.91. The first-order valence-electron chi connectivity index (χ1n) is 10.7. The second-order valence-corrected chi connectivity index (χ2v) is 11.7. The first kappa shape index (κ1) is 22.2. The van der Waals surface area contributed by atoms with E-state index in [0.29, 0.717) is 23.0 Å². The lowest BCUT2D eigenvalue weighted by atomic mass is 10.0. The minimum absolute atomic E-state index is 0.0682. The second-order valence-electron chi connectivity index (χ2n) is 8.22. The average Bonchev–Trinajstić information content (AvgIpc) is 3.30. The molecule has 1 aromatic carbocycles. The molecular formula is C22H27NO6S2. The lowest BCUT2D eigenvalue weighted by Crippen LogP contribution is -2.38. The van der Waals surface area contributed by atoms with Crippen molar-refractivity contribution in [3.63, 3.8) is 0 Å². The van der Waals surface area contributed by atoms with Gasteiger partial charge in [-0.15, -0.1) is 0 Å². The fourth-order valence-electron chi connectivity index (χ4n) is 4.21. The summed E-state index contributed by atoms with van der Waals surface area (Å²) in [6.07, 6.45) is 6.55. The number of rotatable bonds is 7. The van der Waals surface area contributed by atoms with Crippen molar-refractivity contribution in [3.8, 4) is 0 Å². The van der Waals surface area contributed by atoms with Gasteiger partial charge in [-0.3, -0.25) is 4.79 Å². The third-order valence-corrected chi connectivity index (χ3v) is 9.00. The third-order valence-electron chi connectivity index (χ3n) is 5.83. The van der Waals surface area contributed by atoms with Crippen LogP contribution in [0.5, 0.6) is 0 Å². The number of carbonyl (C=O) groups is 2. The monoisotopic (exact) mass is 465 g/mol. The maximum Gasteiger partial charge on any atom is 0.375 e. The van der Waals surface area contributed by atoms with Gasteiger partial charge >= 0.3 is 5.97 Å². The molecule has 31 heavy (non-hydrogen) atoms. The highest BCUT2D eigenvalue weighted by Crippen LogP contribution is 2.35. The van der Waals surface area contributed by atoms with Gasteiger partial charge in [-0.2, -0.15) is 11.8 Å². The van der Waals surface area contributed by atoms with Crippen LogP contribution in [0.2, 0.25) is 0 Å². The maximum atomic E-state index is 12.7. The van der Waals surface area contributed by atoms with Gasteiger partial charge in [0.15, 0.2) is 16.4 Å². The summed E-state index contributed by atoms with van der Waals surface area (Å²) >= 11 is 1.84. The van der Waals surface area contributed by atoms with Crippen LogP contribution >= 0.6 is 11.8 Å². The first-order valence-corrected chi connectivity index (χ1v) is 13.6. The van der Waals surface area contributed by atoms with E-state index >= 15 is 0 Å². The number of esters is 1. The lowest BCUT2D eigenvalue weighted by molar-refractivity contribution is -0.124. The number of furan rings is 1. The average molecular weight is 466 g/mol. The normalized spacial score (nSPS) is 21.2. The van der Waals surface area contributed by atoms with Crippen LogP contribution in [0.1, 0.15) is 54.6 Å². The Morgan fingerprint density at radius 1 is 1.13 bits per heavy atom. The highest BCUT2D eigenvalue weighted by atomic mass is 32.2. The molecule has 7 nitrogen and oxygen atoms in total. The topological polar surface area (TPSA) is 103 Å². The number of nitrogens with one attached hydrogen (secondary N) is 1. The molecule has 1 saturated carbocycles. The van der Waals surface area contributed by atoms with E-state index in [9.17, 15) is 18.0 Å². The summed E-state index contributed by atoms with van der Waals surface area (Å²) in [5.74, 6) is -0.398. The molecule has 2 aliphatic rings. The van der Waals surface area contributed by atoms with Crippen LogP contribution in [0.15, 0.2) is 28.7 Å². The molecule has 1 amide bonds. The highest BCUT2D eigenvalue weighted by molar-refractivity contribution is 7.99. The molecule has 4 rings (SSSR count). The zero-order valence-corrected chi connectivity index (χ0v) is 18.9. The van der Waals surface area contributed by atoms with E-state index in [1.807, 2.05) is 36.0 Å². The minimum Gasteiger partial charge on any atom is -0.450 e. The Balaban J connectivity index is 1.40. The van der Waals surface area contributed by atoms with Crippen molar-refractivity contribution in [2.45, 2.75) is 55.6 Å². The summed E-state index contributed by atoms with van der Waals surface area (Å²) in [5, 5.41) is 4.09. The quantitative estimate of drug-likeness (QED) is 0.625. The fraction of sp³-hybridized carbons (Fsp3) is 0.545. The number of amides is 1. The van der Waals surface area contributed by atoms with Gasteiger partial charge in [0.2, 0.25) is 5.76 Å². The molecule has 0 radical (unpaired) electrons. The number of benzene rings is 1. The summed E-state index contributed by atoms with van der Waals surface area (Å²) in [6, 6.07) is 7.07. The zero-order valence-electron chi connectivity index (χ0n) is 17.3. The molecule has 0 bridgehead atoms. The van der Waals surface area contributed by atoms with Gasteiger partial charge in [-0.05, 0) is 25.3 Å². The van der Waals surface area contributed by atoms with Crippen molar-refractivity contribution >= 4 is 44.4 Å². The van der Waals surface area contributed by atoms with Gasteiger partial charge in [0.1, 0.15) is 5.58 Å². The molecule has 0 unspecified atom stereocenters. The molecule has 2 aromatic rings. The van der Waals surface area contributed by atoms with E-state index in [-0.39, 0.29) is 17.3 Å². The molecule has 1 N–H and O–H groups in total. The molecule has 2 fully saturated rings. The summed E-state index contributed by atoms with van der Waals surface area (Å²) in [4.78, 5) is 24.8. The van der Waals surface area contributed by atoms with Gasteiger partial charge in [0.05, 0.1) is 11.5 Å². The number of fused-ring (bicyclic) bond motifs is 1. The van der Waals surface area contributed by atoms with Crippen molar-refractivity contribution < 1.29 is 27.2 Å². The summed E-state index contributed by atoms with van der Waals surface area (Å²) in [7, 11) is -3.09. The number of para-hydroxylation sites is 1. The van der Waals surface area contributed by atoms with E-state index < -0.39 is 34.4 Å². The maximum absolute atomic E-state index is 12.7. The standard InChI is InChI=1S/C22H27NO6S2/c24-20(23-15-10-11-31(26,27)14-15)12-28-22(25)21-18(13-30-16-6-2-1-3-7-16)17-8-4-5-9-19(17)29-21/h4-5,8-9,15-16H,1-3,6-7,10-14H2,(H,23,24)/t15-/m0/s1. The van der Waals surface area contributed by atoms with E-state index in [4.69, 9.17) is 9.15 Å². The molecule has 1 saturated heterocycles. The van der Waals surface area contributed by atoms with Crippen LogP contribution in [0, 0.1) is 0 Å². The summed E-state index contributed by atoms with van der Waals surface area (Å²) in [5.41, 5.74) is 1.42. The number of hydrogen-bond donors (Lipinski definition) is 1. The molecule has 9 heteroatoms. The number of sulfone groups is 1. The smallest absolute Gasteiger partial charge is 0.375 e. The van der Waals surface area contributed by atoms with Gasteiger partial charge in [0, 0.05) is 28.0 Å². The fourth-order valence-corrected chi connectivity index (χ4v) is 7.24. The predicted octanol–water partition coefficient (Wildman–Crippen LogP) is 3.46. The van der Waals surface area contributed by atoms with Gasteiger partial charge in [-0.1, -0.05) is 37.5 Å². The molecule has 1 aliphatic carbocycles. The Labute approximate surface area is 186 Å². The van der Waals surface area contributed by atoms with E-state index in [2.05, 4.69) is 5.32 Å². The predicted molar refractivity (Wildman–Crippen MR) is 120 cm³/mol. The largest absolute Gasteiger partial charge is 0.450 e. The third kappa shape index (κ3) is 5.63. The lowest BCUT2D eigenvalue weighted by Gasteiger charge is -2.20.